The summed E-state index contributed by atoms with van der Waals surface area (Å²) in [5.74, 6) is -2.82. The number of nitrogens with zero attached hydrogens (tertiary/aromatic N) is 2. The van der Waals surface area contributed by atoms with Gasteiger partial charge in [-0.1, -0.05) is 18.2 Å². The van der Waals surface area contributed by atoms with Gasteiger partial charge in [0.05, 0.1) is 12.8 Å². The van der Waals surface area contributed by atoms with Crippen molar-refractivity contribution in [2.45, 2.75) is 13.5 Å². The first-order valence-electron chi connectivity index (χ1n) is 8.10. The predicted molar refractivity (Wildman–Crippen MR) is 99.9 cm³/mol. The lowest BCUT2D eigenvalue weighted by Gasteiger charge is -2.13. The topological polar surface area (TPSA) is 47.0 Å². The Balaban J connectivity index is 1.82. The molecular formula is C19H14F3N3OS. The smallest absolute Gasteiger partial charge is 0.187 e. The standard InChI is InChI=1S/C19H14F3N3OS/c1-9-11-7-12-14(20)18(23-8-10-5-3-4-6-13(10)26-2)16(22)15(21)17(12)24-19(11)27-25-9/h3-7,23H,8H2,1-2H3. The van der Waals surface area contributed by atoms with Gasteiger partial charge in [-0.15, -0.1) is 0 Å². The van der Waals surface area contributed by atoms with Gasteiger partial charge in [-0.25, -0.2) is 18.2 Å². The van der Waals surface area contributed by atoms with Gasteiger partial charge >= 0.3 is 0 Å². The molecule has 138 valence electrons. The Morgan fingerprint density at radius 1 is 1.07 bits per heavy atom. The molecule has 4 nitrogen and oxygen atoms in total. The van der Waals surface area contributed by atoms with Crippen LogP contribution in [-0.4, -0.2) is 16.5 Å². The van der Waals surface area contributed by atoms with E-state index in [9.17, 15) is 8.78 Å². The summed E-state index contributed by atoms with van der Waals surface area (Å²) in [7, 11) is 1.50. The van der Waals surface area contributed by atoms with E-state index >= 15 is 4.39 Å². The number of nitrogens with one attached hydrogen (secondary N) is 1. The summed E-state index contributed by atoms with van der Waals surface area (Å²) >= 11 is 1.06. The molecule has 0 amide bonds. The lowest BCUT2D eigenvalue weighted by molar-refractivity contribution is 0.410. The summed E-state index contributed by atoms with van der Waals surface area (Å²) in [5, 5.41) is 3.18. The first kappa shape index (κ1) is 17.5. The zero-order valence-corrected chi connectivity index (χ0v) is 15.3. The summed E-state index contributed by atoms with van der Waals surface area (Å²) in [6.45, 7) is 1.82. The third kappa shape index (κ3) is 2.86. The zero-order chi connectivity index (χ0) is 19.1. The van der Waals surface area contributed by atoms with Gasteiger partial charge in [0.25, 0.3) is 0 Å². The minimum atomic E-state index is -1.30. The number of ether oxygens (including phenoxy) is 1. The van der Waals surface area contributed by atoms with Crippen LogP contribution < -0.4 is 10.1 Å². The molecule has 2 aromatic heterocycles. The average Bonchev–Trinajstić information content (AvgIpc) is 3.05. The fraction of sp³-hybridized carbons (Fsp3) is 0.158. The van der Waals surface area contributed by atoms with Gasteiger partial charge in [-0.3, -0.25) is 0 Å². The van der Waals surface area contributed by atoms with Gasteiger partial charge in [-0.2, -0.15) is 4.37 Å². The molecule has 4 rings (SSSR count). The first-order valence-corrected chi connectivity index (χ1v) is 8.87. The van der Waals surface area contributed by atoms with Gasteiger partial charge in [0.15, 0.2) is 17.5 Å². The fourth-order valence-corrected chi connectivity index (χ4v) is 3.71. The van der Waals surface area contributed by atoms with Crippen molar-refractivity contribution in [3.63, 3.8) is 0 Å². The maximum Gasteiger partial charge on any atom is 0.187 e. The Morgan fingerprint density at radius 2 is 1.85 bits per heavy atom. The van der Waals surface area contributed by atoms with Crippen LogP contribution in [0.4, 0.5) is 18.9 Å². The highest BCUT2D eigenvalue weighted by molar-refractivity contribution is 7.13. The summed E-state index contributed by atoms with van der Waals surface area (Å²) < 4.78 is 53.4. The molecular weight excluding hydrogens is 375 g/mol. The molecule has 0 spiro atoms. The number of fused-ring (bicyclic) bond motifs is 2. The second-order valence-electron chi connectivity index (χ2n) is 5.99. The van der Waals surface area contributed by atoms with Crippen molar-refractivity contribution in [3.8, 4) is 5.75 Å². The average molecular weight is 389 g/mol. The predicted octanol–water partition coefficient (Wildman–Crippen LogP) is 5.19. The number of aryl methyl sites for hydroxylation is 1. The quantitative estimate of drug-likeness (QED) is 0.488. The minimum absolute atomic E-state index is 0.0670. The van der Waals surface area contributed by atoms with Crippen LogP contribution in [0.3, 0.4) is 0 Å². The van der Waals surface area contributed by atoms with Crippen LogP contribution in [-0.2, 0) is 6.54 Å². The van der Waals surface area contributed by atoms with Crippen molar-refractivity contribution < 1.29 is 17.9 Å². The van der Waals surface area contributed by atoms with E-state index in [4.69, 9.17) is 4.74 Å². The third-order valence-corrected chi connectivity index (χ3v) is 5.22. The molecule has 2 heterocycles. The molecule has 0 unspecified atom stereocenters. The molecule has 0 bridgehead atoms. The van der Waals surface area contributed by atoms with Crippen molar-refractivity contribution in [3.05, 3.63) is 59.0 Å². The van der Waals surface area contributed by atoms with Crippen LogP contribution in [0.2, 0.25) is 0 Å². The van der Waals surface area contributed by atoms with Gasteiger partial charge in [-0.05, 0) is 30.6 Å². The third-order valence-electron chi connectivity index (χ3n) is 4.37. The molecule has 2 aromatic carbocycles. The van der Waals surface area contributed by atoms with Gasteiger partial charge in [0.2, 0.25) is 0 Å². The molecule has 1 N–H and O–H groups in total. The highest BCUT2D eigenvalue weighted by atomic mass is 32.1. The molecule has 0 aliphatic rings. The number of methoxy groups -OCH3 is 1. The van der Waals surface area contributed by atoms with E-state index in [0.29, 0.717) is 27.2 Å². The van der Waals surface area contributed by atoms with Crippen LogP contribution >= 0.6 is 11.5 Å². The van der Waals surface area contributed by atoms with E-state index in [-0.39, 0.29) is 17.4 Å². The Bertz CT molecular complexity index is 1180. The SMILES string of the molecule is COc1ccccc1CNc1c(F)c(F)c2nc3snc(C)c3cc2c1F. The van der Waals surface area contributed by atoms with Crippen molar-refractivity contribution in [2.24, 2.45) is 0 Å². The Kier molecular flexibility index (Phi) is 4.35. The number of aromatic nitrogens is 2. The molecule has 0 fully saturated rings. The summed E-state index contributed by atoms with van der Waals surface area (Å²) in [6, 6.07) is 8.51. The number of benzene rings is 2. The second kappa shape index (κ2) is 6.70. The molecule has 0 saturated carbocycles. The summed E-state index contributed by atoms with van der Waals surface area (Å²) in [5.41, 5.74) is 0.472. The van der Waals surface area contributed by atoms with Gasteiger partial charge in [0, 0.05) is 22.9 Å². The number of para-hydroxylation sites is 1. The van der Waals surface area contributed by atoms with Crippen molar-refractivity contribution in [1.82, 2.24) is 9.36 Å². The van der Waals surface area contributed by atoms with Crippen LogP contribution in [0, 0.1) is 24.4 Å². The van der Waals surface area contributed by atoms with Crippen molar-refractivity contribution in [2.75, 3.05) is 12.4 Å². The number of rotatable bonds is 4. The molecule has 0 saturated heterocycles. The Hall–Kier alpha value is -2.87. The molecule has 4 aromatic rings. The zero-order valence-electron chi connectivity index (χ0n) is 14.4. The number of pyridine rings is 1. The van der Waals surface area contributed by atoms with E-state index in [0.717, 1.165) is 11.5 Å². The highest BCUT2D eigenvalue weighted by Crippen LogP contribution is 2.34. The highest BCUT2D eigenvalue weighted by Gasteiger charge is 2.22. The lowest BCUT2D eigenvalue weighted by Crippen LogP contribution is -2.08. The number of halogens is 3. The molecule has 0 radical (unpaired) electrons. The van der Waals surface area contributed by atoms with E-state index in [1.54, 1.807) is 31.2 Å². The van der Waals surface area contributed by atoms with Crippen LogP contribution in [0.25, 0.3) is 21.1 Å². The largest absolute Gasteiger partial charge is 0.496 e. The maximum absolute atomic E-state index is 15.0. The van der Waals surface area contributed by atoms with E-state index in [1.165, 1.54) is 13.2 Å². The first-order chi connectivity index (χ1) is 13.0. The van der Waals surface area contributed by atoms with Gasteiger partial charge < -0.3 is 10.1 Å². The number of hydrogen-bond donors (Lipinski definition) is 1. The summed E-state index contributed by atoms with van der Waals surface area (Å²) in [6.07, 6.45) is 0. The summed E-state index contributed by atoms with van der Waals surface area (Å²) in [4.78, 5) is 4.50. The molecule has 0 atom stereocenters. The Morgan fingerprint density at radius 3 is 2.63 bits per heavy atom. The molecule has 0 aliphatic carbocycles. The minimum Gasteiger partial charge on any atom is -0.496 e. The number of anilines is 1. The second-order valence-corrected chi connectivity index (χ2v) is 6.74. The van der Waals surface area contributed by atoms with E-state index < -0.39 is 23.1 Å². The molecule has 27 heavy (non-hydrogen) atoms. The molecule has 0 aliphatic heterocycles. The van der Waals surface area contributed by atoms with Crippen LogP contribution in [0.15, 0.2) is 30.3 Å². The van der Waals surface area contributed by atoms with Crippen LogP contribution in [0.5, 0.6) is 5.75 Å². The van der Waals surface area contributed by atoms with Crippen LogP contribution in [0.1, 0.15) is 11.3 Å². The Labute approximate surface area is 156 Å². The fourth-order valence-electron chi connectivity index (χ4n) is 2.95. The van der Waals surface area contributed by atoms with E-state index in [2.05, 4.69) is 14.7 Å². The van der Waals surface area contributed by atoms with Gasteiger partial charge in [0.1, 0.15) is 21.8 Å². The normalized spacial score (nSPS) is 11.3. The number of hydrogen-bond acceptors (Lipinski definition) is 5. The lowest BCUT2D eigenvalue weighted by atomic mass is 10.1. The van der Waals surface area contributed by atoms with Crippen molar-refractivity contribution >= 4 is 38.3 Å². The van der Waals surface area contributed by atoms with E-state index in [1.807, 2.05) is 0 Å². The maximum atomic E-state index is 15.0. The monoisotopic (exact) mass is 389 g/mol. The molecule has 8 heteroatoms. The van der Waals surface area contributed by atoms with Crippen molar-refractivity contribution in [1.29, 1.82) is 0 Å².